The maximum absolute atomic E-state index is 9.22. The molecule has 1 aromatic carbocycles. The number of fused-ring (bicyclic) bond motifs is 1. The second-order valence-electron chi connectivity index (χ2n) is 5.32. The van der Waals surface area contributed by atoms with Crippen molar-refractivity contribution in [3.8, 4) is 0 Å². The summed E-state index contributed by atoms with van der Waals surface area (Å²) in [5.74, 6) is 0. The molecule has 0 unspecified atom stereocenters. The molecule has 0 bridgehead atoms. The molecule has 0 saturated heterocycles. The number of anilines is 1. The van der Waals surface area contributed by atoms with Crippen LogP contribution in [-0.2, 0) is 12.8 Å². The van der Waals surface area contributed by atoms with Crippen LogP contribution in [-0.4, -0.2) is 30.0 Å². The normalized spacial score (nSPS) is 14.8. The van der Waals surface area contributed by atoms with Gasteiger partial charge in [0.2, 0.25) is 0 Å². The van der Waals surface area contributed by atoms with Gasteiger partial charge >= 0.3 is 0 Å². The van der Waals surface area contributed by atoms with E-state index in [9.17, 15) is 10.2 Å². The predicted octanol–water partition coefficient (Wildman–Crippen LogP) is 1.58. The highest BCUT2D eigenvalue weighted by atomic mass is 16.3. The minimum Gasteiger partial charge on any atom is -0.396 e. The predicted molar refractivity (Wildman–Crippen MR) is 69.2 cm³/mol. The Labute approximate surface area is 102 Å². The molecule has 0 amide bonds. The van der Waals surface area contributed by atoms with Gasteiger partial charge in [-0.1, -0.05) is 13.0 Å². The molecule has 3 N–H and O–H groups in total. The Morgan fingerprint density at radius 3 is 2.59 bits per heavy atom. The van der Waals surface area contributed by atoms with E-state index in [0.717, 1.165) is 5.69 Å². The molecule has 1 aliphatic carbocycles. The zero-order valence-corrected chi connectivity index (χ0v) is 10.4. The van der Waals surface area contributed by atoms with E-state index in [2.05, 4.69) is 23.5 Å². The molecule has 1 aromatic rings. The lowest BCUT2D eigenvalue weighted by Gasteiger charge is -2.25. The van der Waals surface area contributed by atoms with Crippen LogP contribution in [0.5, 0.6) is 0 Å². The van der Waals surface area contributed by atoms with Crippen LogP contribution < -0.4 is 5.32 Å². The van der Waals surface area contributed by atoms with Crippen molar-refractivity contribution in [2.24, 2.45) is 5.41 Å². The summed E-state index contributed by atoms with van der Waals surface area (Å²) in [5, 5.41) is 21.7. The molecule has 0 atom stereocenters. The van der Waals surface area contributed by atoms with Crippen LogP contribution in [0.2, 0.25) is 0 Å². The molecule has 0 aromatic heterocycles. The first-order chi connectivity index (χ1) is 8.17. The third-order valence-electron chi connectivity index (χ3n) is 3.58. The molecule has 3 nitrogen and oxygen atoms in total. The number of hydrogen-bond donors (Lipinski definition) is 3. The van der Waals surface area contributed by atoms with Crippen LogP contribution in [0, 0.1) is 5.41 Å². The SMILES string of the molecule is CC(CO)(CO)CNc1ccc2c(c1)CCC2. The number of nitrogens with one attached hydrogen (secondary N) is 1. The summed E-state index contributed by atoms with van der Waals surface area (Å²) < 4.78 is 0. The standard InChI is InChI=1S/C14H21NO2/c1-14(9-16,10-17)8-15-13-6-5-11-3-2-4-12(11)7-13/h5-7,15-17H,2-4,8-10H2,1H3. The molecule has 2 rings (SSSR count). The van der Waals surface area contributed by atoms with Crippen molar-refractivity contribution < 1.29 is 10.2 Å². The minimum atomic E-state index is -0.459. The molecule has 0 spiro atoms. The van der Waals surface area contributed by atoms with E-state index in [1.165, 1.54) is 30.4 Å². The summed E-state index contributed by atoms with van der Waals surface area (Å²) in [6.07, 6.45) is 3.62. The summed E-state index contributed by atoms with van der Waals surface area (Å²) in [6.45, 7) is 2.43. The van der Waals surface area contributed by atoms with E-state index < -0.39 is 5.41 Å². The van der Waals surface area contributed by atoms with Crippen LogP contribution >= 0.6 is 0 Å². The summed E-state index contributed by atoms with van der Waals surface area (Å²) in [7, 11) is 0. The van der Waals surface area contributed by atoms with E-state index in [1.807, 2.05) is 6.92 Å². The zero-order valence-electron chi connectivity index (χ0n) is 10.4. The van der Waals surface area contributed by atoms with Gasteiger partial charge in [0.25, 0.3) is 0 Å². The average molecular weight is 235 g/mol. The van der Waals surface area contributed by atoms with Crippen LogP contribution in [0.3, 0.4) is 0 Å². The zero-order chi connectivity index (χ0) is 12.3. The summed E-state index contributed by atoms with van der Waals surface area (Å²) in [4.78, 5) is 0. The lowest BCUT2D eigenvalue weighted by atomic mass is 9.93. The monoisotopic (exact) mass is 235 g/mol. The Hall–Kier alpha value is -1.06. The van der Waals surface area contributed by atoms with Crippen molar-refractivity contribution in [3.05, 3.63) is 29.3 Å². The average Bonchev–Trinajstić information content (AvgIpc) is 2.83. The number of rotatable bonds is 5. The minimum absolute atomic E-state index is 0.0125. The fourth-order valence-corrected chi connectivity index (χ4v) is 2.16. The Bertz CT molecular complexity index is 386. The van der Waals surface area contributed by atoms with Crippen molar-refractivity contribution in [2.75, 3.05) is 25.1 Å². The summed E-state index contributed by atoms with van der Waals surface area (Å²) in [6, 6.07) is 6.46. The van der Waals surface area contributed by atoms with Crippen molar-refractivity contribution in [1.29, 1.82) is 0 Å². The lowest BCUT2D eigenvalue weighted by molar-refractivity contribution is 0.0806. The van der Waals surface area contributed by atoms with Gasteiger partial charge in [-0.2, -0.15) is 0 Å². The Kier molecular flexibility index (Phi) is 3.69. The van der Waals surface area contributed by atoms with E-state index in [1.54, 1.807) is 0 Å². The highest BCUT2D eigenvalue weighted by molar-refractivity contribution is 5.50. The van der Waals surface area contributed by atoms with Crippen LogP contribution in [0.25, 0.3) is 0 Å². The Morgan fingerprint density at radius 2 is 1.88 bits per heavy atom. The second kappa shape index (κ2) is 5.07. The molecule has 3 heteroatoms. The van der Waals surface area contributed by atoms with Crippen molar-refractivity contribution in [2.45, 2.75) is 26.2 Å². The van der Waals surface area contributed by atoms with Gasteiger partial charge in [-0.15, -0.1) is 0 Å². The van der Waals surface area contributed by atoms with Gasteiger partial charge < -0.3 is 15.5 Å². The molecular formula is C14H21NO2. The van der Waals surface area contributed by atoms with E-state index in [0.29, 0.717) is 6.54 Å². The highest BCUT2D eigenvalue weighted by Gasteiger charge is 2.22. The molecule has 1 aliphatic rings. The number of hydrogen-bond acceptors (Lipinski definition) is 3. The third kappa shape index (κ3) is 2.79. The smallest absolute Gasteiger partial charge is 0.0523 e. The Morgan fingerprint density at radius 1 is 1.18 bits per heavy atom. The number of aryl methyl sites for hydroxylation is 2. The highest BCUT2D eigenvalue weighted by Crippen LogP contribution is 2.25. The summed E-state index contributed by atoms with van der Waals surface area (Å²) in [5.41, 5.74) is 3.52. The molecule has 0 saturated carbocycles. The Balaban J connectivity index is 2.00. The molecule has 0 heterocycles. The van der Waals surface area contributed by atoms with Gasteiger partial charge in [0.1, 0.15) is 0 Å². The van der Waals surface area contributed by atoms with E-state index >= 15 is 0 Å². The number of benzene rings is 1. The van der Waals surface area contributed by atoms with E-state index in [-0.39, 0.29) is 13.2 Å². The first-order valence-electron chi connectivity index (χ1n) is 6.24. The van der Waals surface area contributed by atoms with Crippen molar-refractivity contribution in [3.63, 3.8) is 0 Å². The summed E-state index contributed by atoms with van der Waals surface area (Å²) >= 11 is 0. The van der Waals surface area contributed by atoms with Crippen molar-refractivity contribution >= 4 is 5.69 Å². The van der Waals surface area contributed by atoms with Crippen LogP contribution in [0.15, 0.2) is 18.2 Å². The molecule has 94 valence electrons. The van der Waals surface area contributed by atoms with Gasteiger partial charge in [-0.05, 0) is 42.5 Å². The number of aliphatic hydroxyl groups excluding tert-OH is 2. The second-order valence-corrected chi connectivity index (χ2v) is 5.32. The molecule has 17 heavy (non-hydrogen) atoms. The quantitative estimate of drug-likeness (QED) is 0.726. The van der Waals surface area contributed by atoms with Gasteiger partial charge in [-0.25, -0.2) is 0 Å². The largest absolute Gasteiger partial charge is 0.396 e. The lowest BCUT2D eigenvalue weighted by Crippen LogP contribution is -2.34. The van der Waals surface area contributed by atoms with Crippen molar-refractivity contribution in [1.82, 2.24) is 0 Å². The van der Waals surface area contributed by atoms with Gasteiger partial charge in [-0.3, -0.25) is 0 Å². The fraction of sp³-hybridized carbons (Fsp3) is 0.571. The van der Waals surface area contributed by atoms with Gasteiger partial charge in [0.15, 0.2) is 0 Å². The first kappa shape index (κ1) is 12.4. The maximum Gasteiger partial charge on any atom is 0.0523 e. The molecule has 0 fully saturated rings. The first-order valence-corrected chi connectivity index (χ1v) is 6.24. The van der Waals surface area contributed by atoms with Gasteiger partial charge in [0.05, 0.1) is 13.2 Å². The molecular weight excluding hydrogens is 214 g/mol. The topological polar surface area (TPSA) is 52.5 Å². The fourth-order valence-electron chi connectivity index (χ4n) is 2.16. The van der Waals surface area contributed by atoms with E-state index in [4.69, 9.17) is 0 Å². The third-order valence-corrected chi connectivity index (χ3v) is 3.58. The van der Waals surface area contributed by atoms with Gasteiger partial charge in [0, 0.05) is 17.6 Å². The molecule has 0 aliphatic heterocycles. The number of aliphatic hydroxyl groups is 2. The maximum atomic E-state index is 9.22. The molecule has 0 radical (unpaired) electrons. The van der Waals surface area contributed by atoms with Crippen LogP contribution in [0.4, 0.5) is 5.69 Å². The van der Waals surface area contributed by atoms with Crippen LogP contribution in [0.1, 0.15) is 24.5 Å².